The third-order valence-corrected chi connectivity index (χ3v) is 2.66. The molecule has 0 bridgehead atoms. The number of carbonyl (C=O) groups excluding carboxylic acids is 1. The van der Waals surface area contributed by atoms with Crippen LogP contribution in [0.4, 0.5) is 0 Å². The molecule has 0 radical (unpaired) electrons. The molecule has 18 heavy (non-hydrogen) atoms. The monoisotopic (exact) mass is 281 g/mol. The van der Waals surface area contributed by atoms with Gasteiger partial charge in [0, 0.05) is 5.57 Å². The van der Waals surface area contributed by atoms with Crippen LogP contribution in [0.15, 0.2) is 12.2 Å². The van der Waals surface area contributed by atoms with Gasteiger partial charge in [-0.15, -0.1) is 0 Å². The van der Waals surface area contributed by atoms with Crippen molar-refractivity contribution < 1.29 is 22.9 Å². The van der Waals surface area contributed by atoms with Crippen LogP contribution in [0.3, 0.4) is 0 Å². The van der Waals surface area contributed by atoms with E-state index in [1.165, 1.54) is 6.92 Å². The Bertz CT molecular complexity index is 291. The Kier molecular flexibility index (Phi) is 11.2. The number of phosphoric ester groups is 1. The molecule has 0 saturated heterocycles. The van der Waals surface area contributed by atoms with Gasteiger partial charge in [0.05, 0.1) is 13.2 Å². The summed E-state index contributed by atoms with van der Waals surface area (Å²) in [6, 6.07) is 0. The number of carbonyl (C=O) groups is 1. The molecule has 0 N–H and O–H groups in total. The molecule has 0 aromatic carbocycles. The van der Waals surface area contributed by atoms with E-state index in [0.717, 1.165) is 0 Å². The topological polar surface area (TPSA) is 65.1 Å². The van der Waals surface area contributed by atoms with Gasteiger partial charge in [0.1, 0.15) is 0 Å². The fourth-order valence-corrected chi connectivity index (χ4v) is 1.76. The van der Waals surface area contributed by atoms with Gasteiger partial charge in [0.2, 0.25) is 0 Å². The molecule has 6 nitrogen and oxygen atoms in total. The highest BCUT2D eigenvalue weighted by Crippen LogP contribution is 2.49. The summed E-state index contributed by atoms with van der Waals surface area (Å²) in [7, 11) is 2.26. The van der Waals surface area contributed by atoms with Gasteiger partial charge in [-0.05, 0) is 41.9 Å². The molecule has 0 amide bonds. The number of nitrogens with zero attached hydrogens (tertiary/aromatic N) is 1. The van der Waals surface area contributed by atoms with E-state index in [4.69, 9.17) is 9.05 Å². The van der Waals surface area contributed by atoms with Gasteiger partial charge in [-0.3, -0.25) is 9.05 Å². The van der Waals surface area contributed by atoms with Crippen LogP contribution in [0.5, 0.6) is 0 Å². The smallest absolute Gasteiger partial charge is 0.367 e. The number of hydrogen-bond acceptors (Lipinski definition) is 6. The fourth-order valence-electron chi connectivity index (χ4n) is 0.586. The molecular weight excluding hydrogens is 257 g/mol. The molecule has 0 atom stereocenters. The molecule has 0 heterocycles. The summed E-state index contributed by atoms with van der Waals surface area (Å²) in [5.41, 5.74) is 0.143. The van der Waals surface area contributed by atoms with E-state index in [1.807, 2.05) is 26.0 Å². The molecular formula is C11H24NO5P. The van der Waals surface area contributed by atoms with Crippen LogP contribution in [0.1, 0.15) is 20.8 Å². The molecule has 7 heteroatoms. The Morgan fingerprint density at radius 1 is 1.17 bits per heavy atom. The van der Waals surface area contributed by atoms with Crippen molar-refractivity contribution in [3.05, 3.63) is 12.2 Å². The third-order valence-electron chi connectivity index (χ3n) is 1.12. The lowest BCUT2D eigenvalue weighted by Crippen LogP contribution is -2.07. The van der Waals surface area contributed by atoms with Crippen molar-refractivity contribution in [2.45, 2.75) is 20.8 Å². The van der Waals surface area contributed by atoms with Crippen molar-refractivity contribution in [1.82, 2.24) is 4.90 Å². The van der Waals surface area contributed by atoms with Crippen LogP contribution in [0.2, 0.25) is 0 Å². The molecule has 0 spiro atoms. The van der Waals surface area contributed by atoms with Crippen molar-refractivity contribution >= 4 is 13.8 Å². The van der Waals surface area contributed by atoms with Gasteiger partial charge in [-0.2, -0.15) is 0 Å². The Morgan fingerprint density at radius 2 is 1.50 bits per heavy atom. The minimum Gasteiger partial charge on any atom is -0.367 e. The second kappa shape index (κ2) is 10.3. The molecule has 0 aliphatic carbocycles. The van der Waals surface area contributed by atoms with Crippen molar-refractivity contribution in [2.24, 2.45) is 0 Å². The molecule has 0 saturated carbocycles. The summed E-state index contributed by atoms with van der Waals surface area (Å²) in [5, 5.41) is 0. The maximum atomic E-state index is 11.6. The van der Waals surface area contributed by atoms with E-state index >= 15 is 0 Å². The summed E-state index contributed by atoms with van der Waals surface area (Å²) in [6.07, 6.45) is 0. The minimum atomic E-state index is -3.74. The standard InChI is InChI=1S/C8H15O5P.C3H9N/c1-5-11-14(10,12-6-2)13-8(9)7(3)4;1-4(2)3/h3,5-6H2,1-2,4H3;1-3H3. The highest BCUT2D eigenvalue weighted by molar-refractivity contribution is 7.49. The Morgan fingerprint density at radius 3 is 1.72 bits per heavy atom. The predicted molar refractivity (Wildman–Crippen MR) is 71.4 cm³/mol. The molecule has 108 valence electrons. The zero-order valence-corrected chi connectivity index (χ0v) is 13.0. The van der Waals surface area contributed by atoms with Crippen LogP contribution < -0.4 is 0 Å². The van der Waals surface area contributed by atoms with Crippen molar-refractivity contribution in [3.63, 3.8) is 0 Å². The Balaban J connectivity index is 0. The summed E-state index contributed by atoms with van der Waals surface area (Å²) in [4.78, 5) is 13.1. The van der Waals surface area contributed by atoms with Crippen LogP contribution in [-0.2, 0) is 22.9 Å². The number of hydrogen-bond donors (Lipinski definition) is 0. The SMILES string of the molecule is C=C(C)C(=O)OP(=O)(OCC)OCC.CN(C)C. The van der Waals surface area contributed by atoms with Crippen LogP contribution in [0, 0.1) is 0 Å². The van der Waals surface area contributed by atoms with E-state index in [1.54, 1.807) is 13.8 Å². The summed E-state index contributed by atoms with van der Waals surface area (Å²) >= 11 is 0. The Hall–Kier alpha value is -0.680. The largest absolute Gasteiger partial charge is 0.532 e. The first-order chi connectivity index (χ1) is 8.18. The van der Waals surface area contributed by atoms with Crippen LogP contribution in [0.25, 0.3) is 0 Å². The highest BCUT2D eigenvalue weighted by atomic mass is 31.2. The van der Waals surface area contributed by atoms with E-state index in [0.29, 0.717) is 0 Å². The molecule has 0 unspecified atom stereocenters. The first kappa shape index (κ1) is 19.7. The molecule has 0 aliphatic rings. The van der Waals surface area contributed by atoms with Gasteiger partial charge in [0.25, 0.3) is 0 Å². The lowest BCUT2D eigenvalue weighted by Gasteiger charge is -2.15. The number of rotatable bonds is 6. The van der Waals surface area contributed by atoms with Crippen molar-refractivity contribution in [1.29, 1.82) is 0 Å². The van der Waals surface area contributed by atoms with Gasteiger partial charge in [-0.25, -0.2) is 9.36 Å². The van der Waals surface area contributed by atoms with Gasteiger partial charge in [-0.1, -0.05) is 6.58 Å². The summed E-state index contributed by atoms with van der Waals surface area (Å²) < 4.78 is 25.6. The first-order valence-electron chi connectivity index (χ1n) is 5.58. The fraction of sp³-hybridized carbons (Fsp3) is 0.727. The van der Waals surface area contributed by atoms with Crippen molar-refractivity contribution in [3.8, 4) is 0 Å². The first-order valence-corrected chi connectivity index (χ1v) is 7.04. The van der Waals surface area contributed by atoms with Crippen LogP contribution in [-0.4, -0.2) is 45.2 Å². The third kappa shape index (κ3) is 11.8. The second-order valence-corrected chi connectivity index (χ2v) is 5.38. The van der Waals surface area contributed by atoms with Gasteiger partial charge in [0.15, 0.2) is 0 Å². The zero-order valence-electron chi connectivity index (χ0n) is 12.1. The van der Waals surface area contributed by atoms with Gasteiger partial charge < -0.3 is 9.42 Å². The lowest BCUT2D eigenvalue weighted by atomic mass is 10.4. The van der Waals surface area contributed by atoms with Crippen molar-refractivity contribution in [2.75, 3.05) is 34.4 Å². The van der Waals surface area contributed by atoms with E-state index in [9.17, 15) is 9.36 Å². The average molecular weight is 281 g/mol. The van der Waals surface area contributed by atoms with E-state index in [-0.39, 0.29) is 18.8 Å². The minimum absolute atomic E-state index is 0.140. The van der Waals surface area contributed by atoms with Crippen LogP contribution >= 0.6 is 7.82 Å². The molecule has 0 fully saturated rings. The van der Waals surface area contributed by atoms with E-state index in [2.05, 4.69) is 11.1 Å². The van der Waals surface area contributed by atoms with E-state index < -0.39 is 13.8 Å². The normalized spacial score (nSPS) is 10.6. The second-order valence-electron chi connectivity index (χ2n) is 3.78. The summed E-state index contributed by atoms with van der Waals surface area (Å²) in [5.74, 6) is -0.782. The average Bonchev–Trinajstić information content (AvgIpc) is 2.16. The Labute approximate surface area is 110 Å². The summed E-state index contributed by atoms with van der Waals surface area (Å²) in [6.45, 7) is 8.33. The molecule has 0 aromatic rings. The lowest BCUT2D eigenvalue weighted by molar-refractivity contribution is -0.131. The predicted octanol–water partition coefficient (Wildman–Crippen LogP) is 2.46. The maximum absolute atomic E-state index is 11.6. The molecule has 0 rings (SSSR count). The van der Waals surface area contributed by atoms with Gasteiger partial charge >= 0.3 is 13.8 Å². The quantitative estimate of drug-likeness (QED) is 0.550. The molecule has 0 aromatic heterocycles. The highest BCUT2D eigenvalue weighted by Gasteiger charge is 2.30. The molecule has 0 aliphatic heterocycles. The zero-order chi connectivity index (χ0) is 14.8. The number of phosphoric acid groups is 1. The maximum Gasteiger partial charge on any atom is 0.532 e.